The van der Waals surface area contributed by atoms with Crippen LogP contribution in [0.3, 0.4) is 0 Å². The second-order valence-electron chi connectivity index (χ2n) is 10.9. The Morgan fingerprint density at radius 3 is 2.15 bits per heavy atom. The van der Waals surface area contributed by atoms with Gasteiger partial charge in [-0.25, -0.2) is 0 Å². The highest BCUT2D eigenvalue weighted by Crippen LogP contribution is 2.45. The molecule has 2 aliphatic heterocycles. The van der Waals surface area contributed by atoms with Crippen LogP contribution in [0.1, 0.15) is 18.6 Å². The number of phenolic OH excluding ortho intramolecular Hbond substituents is 1. The first-order valence-corrected chi connectivity index (χ1v) is 14.1. The number of rotatable bonds is 8. The van der Waals surface area contributed by atoms with Crippen molar-refractivity contribution in [3.63, 3.8) is 0 Å². The Kier molecular flexibility index (Phi) is 9.83. The lowest BCUT2D eigenvalue weighted by atomic mass is 9.89. The molecule has 16 heteroatoms. The number of aliphatic hydroxyl groups excluding tert-OH is 7. The lowest BCUT2D eigenvalue weighted by Crippen LogP contribution is -2.60. The second-order valence-corrected chi connectivity index (χ2v) is 10.9. The van der Waals surface area contributed by atoms with Gasteiger partial charge < -0.3 is 69.0 Å². The SMILES string of the molecule is COc1ccc(-c2cc(=O)c3c(O)cc(O[C@@H]4O[C@H](CO)[C@H](O)[C@@H](O)[C@H]4O)c([C@@H]4O[C@H](COC(C)=O)[C@H](O)[C@@H](O)[C@H]4O)c3o2)cc1. The molecule has 0 spiro atoms. The van der Waals surface area contributed by atoms with Crippen molar-refractivity contribution in [2.45, 2.75) is 68.1 Å². The van der Waals surface area contributed by atoms with Crippen molar-refractivity contribution in [2.24, 2.45) is 0 Å². The number of aromatic hydroxyl groups is 1. The first-order valence-electron chi connectivity index (χ1n) is 14.1. The smallest absolute Gasteiger partial charge is 0.302 e. The number of hydrogen-bond acceptors (Lipinski definition) is 16. The predicted octanol–water partition coefficient (Wildman–Crippen LogP) is -1.56. The van der Waals surface area contributed by atoms with Gasteiger partial charge in [-0.2, -0.15) is 0 Å². The van der Waals surface area contributed by atoms with Gasteiger partial charge in [-0.3, -0.25) is 9.59 Å². The van der Waals surface area contributed by atoms with Gasteiger partial charge in [0.2, 0.25) is 6.29 Å². The van der Waals surface area contributed by atoms with E-state index in [0.29, 0.717) is 11.3 Å². The number of carbonyl (C=O) groups excluding carboxylic acids is 1. The van der Waals surface area contributed by atoms with Gasteiger partial charge in [0.25, 0.3) is 0 Å². The Labute approximate surface area is 260 Å². The third-order valence-electron chi connectivity index (χ3n) is 7.90. The number of ether oxygens (including phenoxy) is 5. The second kappa shape index (κ2) is 13.5. The first kappa shape index (κ1) is 33.5. The number of phenols is 1. The average molecular weight is 651 g/mol. The molecule has 2 fully saturated rings. The third-order valence-corrected chi connectivity index (χ3v) is 7.90. The number of carbonyl (C=O) groups is 1. The molecule has 8 N–H and O–H groups in total. The van der Waals surface area contributed by atoms with Crippen LogP contribution >= 0.6 is 0 Å². The summed E-state index contributed by atoms with van der Waals surface area (Å²) in [6.07, 6.45) is -17.4. The lowest BCUT2D eigenvalue weighted by Gasteiger charge is -2.42. The van der Waals surface area contributed by atoms with Crippen LogP contribution in [0.5, 0.6) is 17.2 Å². The van der Waals surface area contributed by atoms with Gasteiger partial charge in [-0.15, -0.1) is 0 Å². The molecule has 0 bridgehead atoms. The van der Waals surface area contributed by atoms with Crippen LogP contribution in [-0.4, -0.2) is 122 Å². The maximum absolute atomic E-state index is 13.4. The van der Waals surface area contributed by atoms with E-state index in [-0.39, 0.29) is 11.3 Å². The van der Waals surface area contributed by atoms with Gasteiger partial charge in [-0.1, -0.05) is 0 Å². The van der Waals surface area contributed by atoms with Gasteiger partial charge >= 0.3 is 5.97 Å². The molecular weight excluding hydrogens is 616 g/mol. The monoisotopic (exact) mass is 650 g/mol. The Balaban J connectivity index is 1.71. The largest absolute Gasteiger partial charge is 0.507 e. The number of benzene rings is 2. The summed E-state index contributed by atoms with van der Waals surface area (Å²) in [4.78, 5) is 24.9. The Morgan fingerprint density at radius 1 is 0.870 bits per heavy atom. The van der Waals surface area contributed by atoms with Crippen LogP contribution in [0.15, 0.2) is 45.6 Å². The Morgan fingerprint density at radius 2 is 1.52 bits per heavy atom. The summed E-state index contributed by atoms with van der Waals surface area (Å²) in [5.41, 5.74) is -1.08. The van der Waals surface area contributed by atoms with E-state index in [1.165, 1.54) is 7.11 Å². The fourth-order valence-corrected chi connectivity index (χ4v) is 5.39. The van der Waals surface area contributed by atoms with Gasteiger partial charge in [0.15, 0.2) is 11.0 Å². The summed E-state index contributed by atoms with van der Waals surface area (Å²) in [5, 5.41) is 83.9. The molecule has 5 rings (SSSR count). The van der Waals surface area contributed by atoms with E-state index in [1.54, 1.807) is 24.3 Å². The van der Waals surface area contributed by atoms with E-state index < -0.39 is 108 Å². The molecule has 2 aromatic carbocycles. The van der Waals surface area contributed by atoms with Crippen molar-refractivity contribution in [3.05, 3.63) is 52.2 Å². The first-order chi connectivity index (χ1) is 21.9. The summed E-state index contributed by atoms with van der Waals surface area (Å²) in [7, 11) is 1.47. The third kappa shape index (κ3) is 6.26. The van der Waals surface area contributed by atoms with Crippen molar-refractivity contribution in [1.82, 2.24) is 0 Å². The maximum Gasteiger partial charge on any atom is 0.302 e. The maximum atomic E-state index is 13.4. The topological polar surface area (TPSA) is 255 Å². The quantitative estimate of drug-likeness (QED) is 0.128. The van der Waals surface area contributed by atoms with Crippen LogP contribution in [0, 0.1) is 0 Å². The summed E-state index contributed by atoms with van der Waals surface area (Å²) in [6, 6.07) is 8.38. The molecule has 0 aliphatic carbocycles. The fourth-order valence-electron chi connectivity index (χ4n) is 5.39. The van der Waals surface area contributed by atoms with E-state index in [1.807, 2.05) is 0 Å². The van der Waals surface area contributed by atoms with Gasteiger partial charge in [0.05, 0.1) is 19.3 Å². The van der Waals surface area contributed by atoms with Crippen LogP contribution in [0.2, 0.25) is 0 Å². The lowest BCUT2D eigenvalue weighted by molar-refractivity contribution is -0.278. The predicted molar refractivity (Wildman–Crippen MR) is 153 cm³/mol. The molecule has 16 nitrogen and oxygen atoms in total. The molecule has 1 aromatic heterocycles. The van der Waals surface area contributed by atoms with E-state index in [0.717, 1.165) is 19.1 Å². The molecule has 3 heterocycles. The standard InChI is InChI=1S/C30H34O16/c1-11(32)42-10-19-23(36)24(37)26(39)29(44-19)21-17(45-30-27(40)25(38)22(35)18(9-31)46-30)8-15(34)20-14(33)7-16(43-28(20)21)12-3-5-13(41-2)6-4-12/h3-8,18-19,22-27,29-31,34-40H,9-10H2,1-2H3/t18-,19-,22+,23+,24-,25-,26-,27-,29+,30-/m1/s1. The molecule has 0 radical (unpaired) electrons. The highest BCUT2D eigenvalue weighted by atomic mass is 16.7. The normalized spacial score (nSPS) is 31.4. The zero-order valence-electron chi connectivity index (χ0n) is 24.5. The molecular formula is C30H34O16. The zero-order chi connectivity index (χ0) is 33.4. The van der Waals surface area contributed by atoms with Crippen molar-refractivity contribution in [2.75, 3.05) is 20.3 Å². The molecule has 46 heavy (non-hydrogen) atoms. The van der Waals surface area contributed by atoms with Gasteiger partial charge in [0.1, 0.15) is 89.9 Å². The van der Waals surface area contributed by atoms with E-state index in [9.17, 15) is 50.4 Å². The Bertz CT molecular complexity index is 1600. The van der Waals surface area contributed by atoms with E-state index in [4.69, 9.17) is 28.1 Å². The fraction of sp³-hybridized carbons (Fsp3) is 0.467. The van der Waals surface area contributed by atoms with Crippen molar-refractivity contribution < 1.29 is 73.7 Å². The molecule has 0 saturated carbocycles. The highest BCUT2D eigenvalue weighted by Gasteiger charge is 2.49. The molecule has 2 aliphatic rings. The van der Waals surface area contributed by atoms with Crippen LogP contribution in [0.4, 0.5) is 0 Å². The highest BCUT2D eigenvalue weighted by molar-refractivity contribution is 5.89. The van der Waals surface area contributed by atoms with Crippen LogP contribution < -0.4 is 14.9 Å². The van der Waals surface area contributed by atoms with E-state index in [2.05, 4.69) is 0 Å². The summed E-state index contributed by atoms with van der Waals surface area (Å²) >= 11 is 0. The number of hydrogen-bond donors (Lipinski definition) is 8. The Hall–Kier alpha value is -3.84. The number of fused-ring (bicyclic) bond motifs is 1. The minimum Gasteiger partial charge on any atom is -0.507 e. The van der Waals surface area contributed by atoms with Crippen molar-refractivity contribution in [3.8, 4) is 28.6 Å². The number of aliphatic hydroxyl groups is 7. The van der Waals surface area contributed by atoms with E-state index >= 15 is 0 Å². The van der Waals surface area contributed by atoms with Gasteiger partial charge in [-0.05, 0) is 24.3 Å². The summed E-state index contributed by atoms with van der Waals surface area (Å²) < 4.78 is 33.4. The average Bonchev–Trinajstić information content (AvgIpc) is 3.03. The van der Waals surface area contributed by atoms with Gasteiger partial charge in [0, 0.05) is 24.6 Å². The number of methoxy groups -OCH3 is 1. The zero-order valence-corrected chi connectivity index (χ0v) is 24.5. The van der Waals surface area contributed by atoms with Crippen LogP contribution in [0.25, 0.3) is 22.3 Å². The summed E-state index contributed by atoms with van der Waals surface area (Å²) in [5.74, 6) is -1.39. The summed E-state index contributed by atoms with van der Waals surface area (Å²) in [6.45, 7) is -0.239. The molecule has 0 unspecified atom stereocenters. The van der Waals surface area contributed by atoms with Crippen LogP contribution in [-0.2, 0) is 19.0 Å². The number of esters is 1. The molecule has 2 saturated heterocycles. The molecule has 3 aromatic rings. The minimum absolute atomic E-state index is 0.0202. The van der Waals surface area contributed by atoms with Crippen molar-refractivity contribution >= 4 is 16.9 Å². The molecule has 250 valence electrons. The molecule has 0 amide bonds. The minimum atomic E-state index is -1.94. The van der Waals surface area contributed by atoms with Crippen molar-refractivity contribution in [1.29, 1.82) is 0 Å². The molecule has 10 atom stereocenters.